The standard InChI is InChI=1S/C19H25FN2O3/c1-5-14-6-7-16(20)15(12-14)13-17(23)21-8-10-22(11-9-21)18(24)25-19(2,3)4/h5-7,12H,1,8-11,13H2,2-4H3. The molecule has 0 bridgehead atoms. The monoisotopic (exact) mass is 348 g/mol. The molecule has 1 heterocycles. The van der Waals surface area contributed by atoms with Gasteiger partial charge in [-0.25, -0.2) is 9.18 Å². The van der Waals surface area contributed by atoms with Crippen LogP contribution in [0.1, 0.15) is 31.9 Å². The van der Waals surface area contributed by atoms with Gasteiger partial charge in [-0.2, -0.15) is 0 Å². The van der Waals surface area contributed by atoms with Crippen LogP contribution in [0.3, 0.4) is 0 Å². The van der Waals surface area contributed by atoms with Gasteiger partial charge in [0.25, 0.3) is 0 Å². The molecule has 0 unspecified atom stereocenters. The van der Waals surface area contributed by atoms with Crippen LogP contribution < -0.4 is 0 Å². The van der Waals surface area contributed by atoms with E-state index in [1.807, 2.05) is 20.8 Å². The van der Waals surface area contributed by atoms with Gasteiger partial charge in [0.05, 0.1) is 6.42 Å². The molecule has 0 aromatic heterocycles. The average molecular weight is 348 g/mol. The van der Waals surface area contributed by atoms with Gasteiger partial charge in [0.15, 0.2) is 0 Å². The third-order valence-electron chi connectivity index (χ3n) is 3.93. The van der Waals surface area contributed by atoms with Crippen molar-refractivity contribution in [1.29, 1.82) is 0 Å². The number of hydrogen-bond acceptors (Lipinski definition) is 3. The fourth-order valence-electron chi connectivity index (χ4n) is 2.60. The van der Waals surface area contributed by atoms with Crippen molar-refractivity contribution >= 4 is 18.1 Å². The second kappa shape index (κ2) is 7.68. The van der Waals surface area contributed by atoms with Crippen molar-refractivity contribution in [3.8, 4) is 0 Å². The fraction of sp³-hybridized carbons (Fsp3) is 0.474. The summed E-state index contributed by atoms with van der Waals surface area (Å²) in [7, 11) is 0. The van der Waals surface area contributed by atoms with E-state index in [0.29, 0.717) is 31.7 Å². The Labute approximate surface area is 148 Å². The van der Waals surface area contributed by atoms with Gasteiger partial charge >= 0.3 is 6.09 Å². The lowest BCUT2D eigenvalue weighted by Crippen LogP contribution is -2.52. The third-order valence-corrected chi connectivity index (χ3v) is 3.93. The summed E-state index contributed by atoms with van der Waals surface area (Å²) in [5, 5.41) is 0. The van der Waals surface area contributed by atoms with Crippen molar-refractivity contribution in [1.82, 2.24) is 9.80 Å². The zero-order valence-corrected chi connectivity index (χ0v) is 15.0. The first-order valence-electron chi connectivity index (χ1n) is 8.36. The second-order valence-electron chi connectivity index (χ2n) is 7.08. The zero-order valence-electron chi connectivity index (χ0n) is 15.0. The number of rotatable bonds is 3. The topological polar surface area (TPSA) is 49.9 Å². The summed E-state index contributed by atoms with van der Waals surface area (Å²) in [4.78, 5) is 27.7. The van der Waals surface area contributed by atoms with Crippen LogP contribution in [0, 0.1) is 5.82 Å². The van der Waals surface area contributed by atoms with E-state index in [-0.39, 0.29) is 18.4 Å². The van der Waals surface area contributed by atoms with Gasteiger partial charge in [-0.1, -0.05) is 18.7 Å². The maximum atomic E-state index is 13.9. The highest BCUT2D eigenvalue weighted by Crippen LogP contribution is 2.15. The van der Waals surface area contributed by atoms with Gasteiger partial charge in [-0.15, -0.1) is 0 Å². The molecule has 1 aliphatic heterocycles. The minimum atomic E-state index is -0.544. The van der Waals surface area contributed by atoms with Gasteiger partial charge in [0.1, 0.15) is 11.4 Å². The highest BCUT2D eigenvalue weighted by molar-refractivity contribution is 5.79. The van der Waals surface area contributed by atoms with E-state index in [2.05, 4.69) is 6.58 Å². The van der Waals surface area contributed by atoms with E-state index in [0.717, 1.165) is 5.56 Å². The minimum absolute atomic E-state index is 0.0000487. The predicted octanol–water partition coefficient (Wildman–Crippen LogP) is 3.09. The van der Waals surface area contributed by atoms with E-state index >= 15 is 0 Å². The number of halogens is 1. The van der Waals surface area contributed by atoms with E-state index in [9.17, 15) is 14.0 Å². The van der Waals surface area contributed by atoms with Crippen LogP contribution >= 0.6 is 0 Å². The van der Waals surface area contributed by atoms with Gasteiger partial charge in [0, 0.05) is 26.2 Å². The molecule has 1 aliphatic rings. The van der Waals surface area contributed by atoms with Gasteiger partial charge in [-0.05, 0) is 44.0 Å². The lowest BCUT2D eigenvalue weighted by Gasteiger charge is -2.35. The second-order valence-corrected chi connectivity index (χ2v) is 7.08. The molecule has 0 N–H and O–H groups in total. The van der Waals surface area contributed by atoms with Crippen molar-refractivity contribution in [2.24, 2.45) is 0 Å². The van der Waals surface area contributed by atoms with E-state index in [1.54, 1.807) is 28.0 Å². The first kappa shape index (κ1) is 19.0. The Morgan fingerprint density at radius 3 is 2.36 bits per heavy atom. The van der Waals surface area contributed by atoms with Crippen molar-refractivity contribution in [3.05, 3.63) is 41.7 Å². The first-order chi connectivity index (χ1) is 11.7. The Morgan fingerprint density at radius 2 is 1.80 bits per heavy atom. The minimum Gasteiger partial charge on any atom is -0.444 e. The van der Waals surface area contributed by atoms with Crippen LogP contribution in [0.2, 0.25) is 0 Å². The van der Waals surface area contributed by atoms with Crippen LogP contribution in [0.15, 0.2) is 24.8 Å². The van der Waals surface area contributed by atoms with E-state index < -0.39 is 11.4 Å². The highest BCUT2D eigenvalue weighted by atomic mass is 19.1. The summed E-state index contributed by atoms with van der Waals surface area (Å²) in [6.45, 7) is 10.8. The van der Waals surface area contributed by atoms with Crippen LogP contribution in [0.25, 0.3) is 6.08 Å². The quantitative estimate of drug-likeness (QED) is 0.843. The summed E-state index contributed by atoms with van der Waals surface area (Å²) in [6, 6.07) is 4.60. The van der Waals surface area contributed by atoms with E-state index in [1.165, 1.54) is 6.07 Å². The molecule has 0 radical (unpaired) electrons. The molecule has 1 fully saturated rings. The van der Waals surface area contributed by atoms with Crippen molar-refractivity contribution < 1.29 is 18.7 Å². The highest BCUT2D eigenvalue weighted by Gasteiger charge is 2.27. The number of benzene rings is 1. The smallest absolute Gasteiger partial charge is 0.410 e. The average Bonchev–Trinajstić information content (AvgIpc) is 2.55. The number of piperazine rings is 1. The Kier molecular flexibility index (Phi) is 5.82. The number of amides is 2. The predicted molar refractivity (Wildman–Crippen MR) is 94.6 cm³/mol. The molecule has 5 nitrogen and oxygen atoms in total. The zero-order chi connectivity index (χ0) is 18.6. The van der Waals surface area contributed by atoms with Gasteiger partial charge in [-0.3, -0.25) is 4.79 Å². The molecule has 6 heteroatoms. The molecule has 2 amide bonds. The largest absolute Gasteiger partial charge is 0.444 e. The molecular weight excluding hydrogens is 323 g/mol. The molecular formula is C19H25FN2O3. The lowest BCUT2D eigenvalue weighted by atomic mass is 10.1. The van der Waals surface area contributed by atoms with Crippen LogP contribution in [-0.4, -0.2) is 53.6 Å². The van der Waals surface area contributed by atoms with Gasteiger partial charge < -0.3 is 14.5 Å². The van der Waals surface area contributed by atoms with Crippen LogP contribution in [0.5, 0.6) is 0 Å². The summed E-state index contributed by atoms with van der Waals surface area (Å²) in [6.07, 6.45) is 1.25. The maximum absolute atomic E-state index is 13.9. The molecule has 0 spiro atoms. The summed E-state index contributed by atoms with van der Waals surface area (Å²) in [5.41, 5.74) is 0.591. The molecule has 1 aromatic carbocycles. The Bertz CT molecular complexity index is 659. The number of hydrogen-bond donors (Lipinski definition) is 0. The molecule has 2 rings (SSSR count). The lowest BCUT2D eigenvalue weighted by molar-refractivity contribution is -0.132. The molecule has 0 aliphatic carbocycles. The Balaban J connectivity index is 1.91. The number of carbonyl (C=O) groups is 2. The van der Waals surface area contributed by atoms with Crippen LogP contribution in [-0.2, 0) is 16.0 Å². The maximum Gasteiger partial charge on any atom is 0.410 e. The number of ether oxygens (including phenoxy) is 1. The first-order valence-corrected chi connectivity index (χ1v) is 8.36. The fourth-order valence-corrected chi connectivity index (χ4v) is 2.60. The number of carbonyl (C=O) groups excluding carboxylic acids is 2. The summed E-state index contributed by atoms with van der Waals surface area (Å²) < 4.78 is 19.2. The van der Waals surface area contributed by atoms with Crippen LogP contribution in [0.4, 0.5) is 9.18 Å². The SMILES string of the molecule is C=Cc1ccc(F)c(CC(=O)N2CCN(C(=O)OC(C)(C)C)CC2)c1. The molecule has 1 aromatic rings. The molecule has 0 atom stereocenters. The molecule has 136 valence electrons. The molecule has 25 heavy (non-hydrogen) atoms. The van der Waals surface area contributed by atoms with Crippen molar-refractivity contribution in [2.75, 3.05) is 26.2 Å². The Hall–Kier alpha value is -2.37. The molecule has 1 saturated heterocycles. The van der Waals surface area contributed by atoms with Crippen molar-refractivity contribution in [2.45, 2.75) is 32.8 Å². The van der Waals surface area contributed by atoms with Crippen molar-refractivity contribution in [3.63, 3.8) is 0 Å². The summed E-state index contributed by atoms with van der Waals surface area (Å²) in [5.74, 6) is -0.546. The van der Waals surface area contributed by atoms with Gasteiger partial charge in [0.2, 0.25) is 5.91 Å². The third kappa shape index (κ3) is 5.31. The Morgan fingerprint density at radius 1 is 1.20 bits per heavy atom. The normalized spacial score (nSPS) is 15.0. The summed E-state index contributed by atoms with van der Waals surface area (Å²) >= 11 is 0. The van der Waals surface area contributed by atoms with E-state index in [4.69, 9.17) is 4.74 Å². The molecule has 0 saturated carbocycles. The number of nitrogens with zero attached hydrogens (tertiary/aromatic N) is 2.